The molecule has 106 valence electrons. The molecular formula is C16H12O5. The number of carbonyl (C=O) groups excluding carboxylic acids is 1. The summed E-state index contributed by atoms with van der Waals surface area (Å²) in [7, 11) is 1.56. The van der Waals surface area contributed by atoms with Gasteiger partial charge in [0.2, 0.25) is 5.78 Å². The van der Waals surface area contributed by atoms with E-state index in [-0.39, 0.29) is 28.6 Å². The molecule has 0 aromatic heterocycles. The van der Waals surface area contributed by atoms with Gasteiger partial charge in [-0.25, -0.2) is 0 Å². The van der Waals surface area contributed by atoms with Crippen molar-refractivity contribution in [2.45, 2.75) is 0 Å². The molecule has 3 rings (SSSR count). The number of hydrogen-bond acceptors (Lipinski definition) is 5. The van der Waals surface area contributed by atoms with Crippen LogP contribution in [0.2, 0.25) is 0 Å². The second-order valence-electron chi connectivity index (χ2n) is 4.55. The second kappa shape index (κ2) is 4.86. The van der Waals surface area contributed by atoms with Crippen LogP contribution < -0.4 is 9.47 Å². The van der Waals surface area contributed by atoms with Crippen LogP contribution in [0.3, 0.4) is 0 Å². The summed E-state index contributed by atoms with van der Waals surface area (Å²) in [6, 6.07) is 9.53. The molecule has 21 heavy (non-hydrogen) atoms. The van der Waals surface area contributed by atoms with Gasteiger partial charge in [0.15, 0.2) is 5.76 Å². The van der Waals surface area contributed by atoms with Crippen molar-refractivity contribution in [3.8, 4) is 23.0 Å². The van der Waals surface area contributed by atoms with Gasteiger partial charge in [0.1, 0.15) is 28.6 Å². The van der Waals surface area contributed by atoms with Gasteiger partial charge in [0, 0.05) is 12.1 Å². The summed E-state index contributed by atoms with van der Waals surface area (Å²) in [6.45, 7) is 0. The fourth-order valence-electron chi connectivity index (χ4n) is 2.16. The second-order valence-corrected chi connectivity index (χ2v) is 4.55. The average molecular weight is 284 g/mol. The normalized spacial score (nSPS) is 14.9. The van der Waals surface area contributed by atoms with Crippen molar-refractivity contribution in [2.75, 3.05) is 7.11 Å². The van der Waals surface area contributed by atoms with E-state index in [4.69, 9.17) is 9.47 Å². The fourth-order valence-corrected chi connectivity index (χ4v) is 2.16. The van der Waals surface area contributed by atoms with E-state index in [9.17, 15) is 15.0 Å². The first-order valence-electron chi connectivity index (χ1n) is 6.23. The highest BCUT2D eigenvalue weighted by Gasteiger charge is 2.31. The SMILES string of the molecule is COc1cccc(/C=C2\Oc3cc(O)cc(O)c3C2=O)c1. The maximum Gasteiger partial charge on any atom is 0.235 e. The number of hydrogen-bond donors (Lipinski definition) is 2. The summed E-state index contributed by atoms with van der Waals surface area (Å²) in [5.41, 5.74) is 0.788. The Morgan fingerprint density at radius 3 is 2.76 bits per heavy atom. The number of benzene rings is 2. The molecule has 0 unspecified atom stereocenters. The minimum atomic E-state index is -0.426. The highest BCUT2D eigenvalue weighted by Crippen LogP contribution is 2.40. The largest absolute Gasteiger partial charge is 0.508 e. The van der Waals surface area contributed by atoms with Crippen molar-refractivity contribution >= 4 is 11.9 Å². The highest BCUT2D eigenvalue weighted by molar-refractivity contribution is 6.16. The van der Waals surface area contributed by atoms with Gasteiger partial charge in [-0.3, -0.25) is 4.79 Å². The fraction of sp³-hybridized carbons (Fsp3) is 0.0625. The molecule has 0 fully saturated rings. The molecule has 0 atom stereocenters. The zero-order chi connectivity index (χ0) is 15.0. The molecule has 0 bridgehead atoms. The third-order valence-electron chi connectivity index (χ3n) is 3.13. The minimum Gasteiger partial charge on any atom is -0.508 e. The summed E-state index contributed by atoms with van der Waals surface area (Å²) in [4.78, 5) is 12.2. The van der Waals surface area contributed by atoms with Crippen LogP contribution in [0, 0.1) is 0 Å². The monoisotopic (exact) mass is 284 g/mol. The predicted octanol–water partition coefficient (Wildman–Crippen LogP) is 2.72. The van der Waals surface area contributed by atoms with Crippen molar-refractivity contribution < 1.29 is 24.5 Å². The van der Waals surface area contributed by atoms with Crippen LogP contribution >= 0.6 is 0 Å². The lowest BCUT2D eigenvalue weighted by atomic mass is 10.1. The van der Waals surface area contributed by atoms with Crippen molar-refractivity contribution in [1.82, 2.24) is 0 Å². The van der Waals surface area contributed by atoms with Gasteiger partial charge >= 0.3 is 0 Å². The van der Waals surface area contributed by atoms with E-state index >= 15 is 0 Å². The van der Waals surface area contributed by atoms with Crippen molar-refractivity contribution in [3.63, 3.8) is 0 Å². The first-order chi connectivity index (χ1) is 10.1. The van der Waals surface area contributed by atoms with E-state index in [1.807, 2.05) is 0 Å². The van der Waals surface area contributed by atoms with Crippen LogP contribution in [0.25, 0.3) is 6.08 Å². The van der Waals surface area contributed by atoms with Gasteiger partial charge in [-0.15, -0.1) is 0 Å². The van der Waals surface area contributed by atoms with Crippen LogP contribution in [0.5, 0.6) is 23.0 Å². The molecule has 1 aliphatic heterocycles. The molecule has 0 spiro atoms. The van der Waals surface area contributed by atoms with Gasteiger partial charge in [0.25, 0.3) is 0 Å². The number of phenolic OH excluding ortho intramolecular Hbond substituents is 2. The molecule has 5 heteroatoms. The molecule has 0 aliphatic carbocycles. The Balaban J connectivity index is 2.01. The van der Waals surface area contributed by atoms with E-state index in [0.717, 1.165) is 11.6 Å². The Morgan fingerprint density at radius 2 is 2.00 bits per heavy atom. The van der Waals surface area contributed by atoms with Crippen molar-refractivity contribution in [2.24, 2.45) is 0 Å². The molecule has 5 nitrogen and oxygen atoms in total. The lowest BCUT2D eigenvalue weighted by molar-refractivity contribution is 0.101. The Hall–Kier alpha value is -2.95. The standard InChI is InChI=1S/C16H12O5/c1-20-11-4-2-3-9(5-11)6-14-16(19)15-12(18)7-10(17)8-13(15)21-14/h2-8,17-18H,1H3/b14-6-. The number of phenols is 2. The average Bonchev–Trinajstić information content (AvgIpc) is 2.75. The molecule has 0 radical (unpaired) electrons. The van der Waals surface area contributed by atoms with E-state index < -0.39 is 5.78 Å². The number of methoxy groups -OCH3 is 1. The number of aromatic hydroxyl groups is 2. The molecule has 2 aromatic carbocycles. The smallest absolute Gasteiger partial charge is 0.235 e. The first-order valence-corrected chi connectivity index (χ1v) is 6.23. The summed E-state index contributed by atoms with van der Waals surface area (Å²) >= 11 is 0. The van der Waals surface area contributed by atoms with E-state index in [0.29, 0.717) is 5.75 Å². The summed E-state index contributed by atoms with van der Waals surface area (Å²) in [6.07, 6.45) is 1.56. The lowest BCUT2D eigenvalue weighted by Crippen LogP contribution is -1.98. The molecule has 2 aromatic rings. The maximum absolute atomic E-state index is 12.2. The molecule has 2 N–H and O–H groups in total. The van der Waals surface area contributed by atoms with Crippen LogP contribution in [0.4, 0.5) is 0 Å². The van der Waals surface area contributed by atoms with Gasteiger partial charge in [0.05, 0.1) is 7.11 Å². The lowest BCUT2D eigenvalue weighted by Gasteiger charge is -2.01. The highest BCUT2D eigenvalue weighted by atomic mass is 16.5. The summed E-state index contributed by atoms with van der Waals surface area (Å²) in [5, 5.41) is 19.2. The summed E-state index contributed by atoms with van der Waals surface area (Å²) < 4.78 is 10.5. The Labute approximate surface area is 120 Å². The molecule has 0 saturated heterocycles. The Morgan fingerprint density at radius 1 is 1.19 bits per heavy atom. The van der Waals surface area contributed by atoms with Gasteiger partial charge in [-0.05, 0) is 23.8 Å². The number of allylic oxidation sites excluding steroid dienone is 1. The third kappa shape index (κ3) is 2.29. The van der Waals surface area contributed by atoms with Crippen LogP contribution in [-0.4, -0.2) is 23.1 Å². The Kier molecular flexibility index (Phi) is 3.02. The molecule has 1 aliphatic rings. The Bertz CT molecular complexity index is 761. The number of carbonyl (C=O) groups is 1. The van der Waals surface area contributed by atoms with Crippen LogP contribution in [0.15, 0.2) is 42.2 Å². The molecule has 1 heterocycles. The molecule has 0 amide bonds. The number of ketones is 1. The summed E-state index contributed by atoms with van der Waals surface area (Å²) in [5.74, 6) is -0.00496. The van der Waals surface area contributed by atoms with Gasteiger partial charge in [-0.2, -0.15) is 0 Å². The number of ether oxygens (including phenoxy) is 2. The zero-order valence-electron chi connectivity index (χ0n) is 11.2. The number of fused-ring (bicyclic) bond motifs is 1. The molecular weight excluding hydrogens is 272 g/mol. The van der Waals surface area contributed by atoms with E-state index in [2.05, 4.69) is 0 Å². The van der Waals surface area contributed by atoms with Gasteiger partial charge < -0.3 is 19.7 Å². The van der Waals surface area contributed by atoms with Gasteiger partial charge in [-0.1, -0.05) is 12.1 Å². The number of rotatable bonds is 2. The van der Waals surface area contributed by atoms with Crippen molar-refractivity contribution in [3.05, 3.63) is 53.3 Å². The zero-order valence-corrected chi connectivity index (χ0v) is 11.2. The maximum atomic E-state index is 12.2. The predicted molar refractivity (Wildman–Crippen MR) is 75.7 cm³/mol. The van der Waals surface area contributed by atoms with Crippen LogP contribution in [0.1, 0.15) is 15.9 Å². The van der Waals surface area contributed by atoms with E-state index in [1.54, 1.807) is 37.5 Å². The quantitative estimate of drug-likeness (QED) is 0.829. The third-order valence-corrected chi connectivity index (χ3v) is 3.13. The topological polar surface area (TPSA) is 76.0 Å². The number of Topliss-reactive ketones (excluding diaryl/α,β-unsaturated/α-hetero) is 1. The minimum absolute atomic E-state index is 0.0574. The van der Waals surface area contributed by atoms with Crippen LogP contribution in [-0.2, 0) is 0 Å². The van der Waals surface area contributed by atoms with E-state index in [1.165, 1.54) is 6.07 Å². The first kappa shape index (κ1) is 13.1. The molecule has 0 saturated carbocycles. The van der Waals surface area contributed by atoms with Crippen molar-refractivity contribution in [1.29, 1.82) is 0 Å².